The molecule has 2 aliphatic heterocycles. The molecule has 41 heavy (non-hydrogen) atoms. The van der Waals surface area contributed by atoms with Crippen molar-refractivity contribution < 1.29 is 22.8 Å². The molecule has 0 spiro atoms. The third kappa shape index (κ3) is 5.54. The smallest absolute Gasteiger partial charge is 0.339 e. The Bertz CT molecular complexity index is 1570. The van der Waals surface area contributed by atoms with Crippen molar-refractivity contribution in [3.05, 3.63) is 83.4 Å². The van der Waals surface area contributed by atoms with Gasteiger partial charge in [0.2, 0.25) is 0 Å². The Kier molecular flexibility index (Phi) is 7.21. The fourth-order valence-corrected chi connectivity index (χ4v) is 5.83. The predicted molar refractivity (Wildman–Crippen MR) is 147 cm³/mol. The van der Waals surface area contributed by atoms with Crippen LogP contribution in [0.1, 0.15) is 39.1 Å². The minimum atomic E-state index is -4.46. The number of amides is 2. The molecular formula is C30H29F3N6O2. The molecule has 3 aromatic carbocycles. The van der Waals surface area contributed by atoms with Crippen LogP contribution in [-0.4, -0.2) is 87.2 Å². The second-order valence-corrected chi connectivity index (χ2v) is 10.5. The van der Waals surface area contributed by atoms with Crippen LogP contribution in [0.25, 0.3) is 22.2 Å². The topological polar surface area (TPSA) is 85.4 Å². The summed E-state index contributed by atoms with van der Waals surface area (Å²) in [6.45, 7) is 3.80. The highest BCUT2D eigenvalue weighted by Gasteiger charge is 2.33. The van der Waals surface area contributed by atoms with Gasteiger partial charge in [-0.25, -0.2) is 0 Å². The number of halogens is 3. The van der Waals surface area contributed by atoms with Crippen molar-refractivity contribution >= 4 is 22.8 Å². The van der Waals surface area contributed by atoms with E-state index >= 15 is 0 Å². The van der Waals surface area contributed by atoms with Gasteiger partial charge in [-0.2, -0.15) is 28.6 Å². The van der Waals surface area contributed by atoms with Crippen molar-refractivity contribution in [2.45, 2.75) is 25.1 Å². The minimum Gasteiger partial charge on any atom is -0.339 e. The van der Waals surface area contributed by atoms with Crippen molar-refractivity contribution in [2.75, 3.05) is 39.3 Å². The largest absolute Gasteiger partial charge is 0.416 e. The van der Waals surface area contributed by atoms with Crippen LogP contribution in [0.5, 0.6) is 0 Å². The summed E-state index contributed by atoms with van der Waals surface area (Å²) in [5, 5.41) is 10.7. The average Bonchev–Trinajstić information content (AvgIpc) is 3.48. The number of rotatable bonds is 4. The average molecular weight is 563 g/mol. The van der Waals surface area contributed by atoms with Gasteiger partial charge < -0.3 is 9.80 Å². The lowest BCUT2D eigenvalue weighted by Gasteiger charge is -2.42. The van der Waals surface area contributed by atoms with Gasteiger partial charge in [0, 0.05) is 56.4 Å². The molecule has 0 aliphatic carbocycles. The van der Waals surface area contributed by atoms with Gasteiger partial charge in [-0.1, -0.05) is 30.3 Å². The van der Waals surface area contributed by atoms with E-state index in [1.165, 1.54) is 6.07 Å². The lowest BCUT2D eigenvalue weighted by Crippen LogP contribution is -2.54. The zero-order chi connectivity index (χ0) is 28.6. The number of benzene rings is 3. The van der Waals surface area contributed by atoms with Gasteiger partial charge in [-0.05, 0) is 60.4 Å². The van der Waals surface area contributed by atoms with E-state index in [1.807, 2.05) is 4.90 Å². The first kappa shape index (κ1) is 26.9. The highest BCUT2D eigenvalue weighted by atomic mass is 19.4. The number of hydrogen-bond donors (Lipinski definition) is 1. The monoisotopic (exact) mass is 562 g/mol. The summed E-state index contributed by atoms with van der Waals surface area (Å²) in [5.41, 5.74) is 2.50. The van der Waals surface area contributed by atoms with E-state index in [4.69, 9.17) is 0 Å². The molecule has 1 N–H and O–H groups in total. The summed E-state index contributed by atoms with van der Waals surface area (Å²) in [6.07, 6.45) is -2.75. The summed E-state index contributed by atoms with van der Waals surface area (Å²) < 4.78 is 39.9. The summed E-state index contributed by atoms with van der Waals surface area (Å²) in [7, 11) is 0. The summed E-state index contributed by atoms with van der Waals surface area (Å²) in [5.74, 6) is -0.189. The molecule has 2 aliphatic rings. The van der Waals surface area contributed by atoms with E-state index in [0.717, 1.165) is 30.5 Å². The molecule has 3 heterocycles. The fraction of sp³-hybridized carbons (Fsp3) is 0.333. The first-order valence-electron chi connectivity index (χ1n) is 13.7. The van der Waals surface area contributed by atoms with Crippen LogP contribution in [-0.2, 0) is 6.18 Å². The van der Waals surface area contributed by atoms with Crippen LogP contribution >= 0.6 is 0 Å². The van der Waals surface area contributed by atoms with Crippen LogP contribution < -0.4 is 0 Å². The number of hydrogen-bond acceptors (Lipinski definition) is 5. The van der Waals surface area contributed by atoms with Crippen LogP contribution in [0.2, 0.25) is 0 Å². The number of nitrogens with zero attached hydrogens (tertiary/aromatic N) is 5. The van der Waals surface area contributed by atoms with Gasteiger partial charge >= 0.3 is 6.18 Å². The van der Waals surface area contributed by atoms with Gasteiger partial charge in [-0.15, -0.1) is 0 Å². The van der Waals surface area contributed by atoms with Crippen molar-refractivity contribution in [3.8, 4) is 11.1 Å². The van der Waals surface area contributed by atoms with Crippen molar-refractivity contribution in [3.63, 3.8) is 0 Å². The maximum absolute atomic E-state index is 13.5. The van der Waals surface area contributed by atoms with Crippen molar-refractivity contribution in [1.82, 2.24) is 30.1 Å². The van der Waals surface area contributed by atoms with Gasteiger partial charge in [0.05, 0.1) is 5.56 Å². The summed E-state index contributed by atoms with van der Waals surface area (Å²) in [6, 6.07) is 17.6. The third-order valence-electron chi connectivity index (χ3n) is 8.09. The Balaban J connectivity index is 1.06. The van der Waals surface area contributed by atoms with Crippen LogP contribution in [0.3, 0.4) is 0 Å². The zero-order valence-electron chi connectivity index (χ0n) is 22.3. The van der Waals surface area contributed by atoms with Crippen LogP contribution in [0, 0.1) is 0 Å². The highest BCUT2D eigenvalue weighted by molar-refractivity contribution is 6.01. The van der Waals surface area contributed by atoms with Crippen molar-refractivity contribution in [2.24, 2.45) is 0 Å². The van der Waals surface area contributed by atoms with Gasteiger partial charge in [0.1, 0.15) is 11.0 Å². The summed E-state index contributed by atoms with van der Waals surface area (Å²) >= 11 is 0. The number of aromatic nitrogens is 3. The van der Waals surface area contributed by atoms with Gasteiger partial charge in [0.25, 0.3) is 11.8 Å². The van der Waals surface area contributed by atoms with E-state index < -0.39 is 11.7 Å². The van der Waals surface area contributed by atoms with Crippen LogP contribution in [0.4, 0.5) is 13.2 Å². The van der Waals surface area contributed by atoms with Crippen molar-refractivity contribution in [1.29, 1.82) is 0 Å². The quantitative estimate of drug-likeness (QED) is 0.390. The Morgan fingerprint density at radius 2 is 1.46 bits per heavy atom. The van der Waals surface area contributed by atoms with E-state index in [1.54, 1.807) is 53.4 Å². The molecule has 2 amide bonds. The molecule has 4 aromatic rings. The van der Waals surface area contributed by atoms with Gasteiger partial charge in [0.15, 0.2) is 0 Å². The molecule has 8 nitrogen and oxygen atoms in total. The zero-order valence-corrected chi connectivity index (χ0v) is 22.3. The van der Waals surface area contributed by atoms with Crippen LogP contribution in [0.15, 0.2) is 66.7 Å². The number of H-pyrrole nitrogens is 1. The second-order valence-electron chi connectivity index (χ2n) is 10.5. The molecule has 1 aromatic heterocycles. The Morgan fingerprint density at radius 1 is 0.756 bits per heavy atom. The van der Waals surface area contributed by atoms with E-state index in [9.17, 15) is 22.8 Å². The lowest BCUT2D eigenvalue weighted by molar-refractivity contribution is -0.137. The predicted octanol–water partition coefficient (Wildman–Crippen LogP) is 4.71. The number of carbonyl (C=O) groups excluding carboxylic acids is 2. The number of likely N-dealkylation sites (tertiary alicyclic amines) is 1. The number of piperazine rings is 1. The SMILES string of the molecule is O=C(c1ccc2n[nH]nc2c1)N1CCC(N2CCN(C(=O)c3ccccc3-c3cccc(C(F)(F)F)c3)CC2)CC1. The first-order valence-corrected chi connectivity index (χ1v) is 13.7. The Morgan fingerprint density at radius 3 is 2.22 bits per heavy atom. The number of carbonyl (C=O) groups is 2. The Labute approximate surface area is 234 Å². The lowest BCUT2D eigenvalue weighted by atomic mass is 9.96. The van der Waals surface area contributed by atoms with Gasteiger partial charge in [-0.3, -0.25) is 14.5 Å². The molecular weight excluding hydrogens is 533 g/mol. The number of fused-ring (bicyclic) bond motifs is 1. The number of piperidine rings is 1. The van der Waals surface area contributed by atoms with E-state index in [2.05, 4.69) is 20.3 Å². The molecule has 11 heteroatoms. The molecule has 212 valence electrons. The number of aromatic amines is 1. The second kappa shape index (κ2) is 11.0. The maximum Gasteiger partial charge on any atom is 0.416 e. The fourth-order valence-electron chi connectivity index (χ4n) is 5.83. The number of alkyl halides is 3. The molecule has 6 rings (SSSR count). The Hall–Kier alpha value is -4.25. The maximum atomic E-state index is 13.5. The first-order chi connectivity index (χ1) is 19.8. The molecule has 2 saturated heterocycles. The van der Waals surface area contributed by atoms with E-state index in [-0.39, 0.29) is 11.8 Å². The highest BCUT2D eigenvalue weighted by Crippen LogP contribution is 2.33. The molecule has 0 radical (unpaired) electrons. The molecule has 0 atom stereocenters. The molecule has 0 bridgehead atoms. The third-order valence-corrected chi connectivity index (χ3v) is 8.09. The van der Waals surface area contributed by atoms with E-state index in [0.29, 0.717) is 73.1 Å². The minimum absolute atomic E-state index is 0.0109. The normalized spacial score (nSPS) is 17.2. The molecule has 0 unspecified atom stereocenters. The molecule has 0 saturated carbocycles. The molecule has 2 fully saturated rings. The summed E-state index contributed by atoms with van der Waals surface area (Å²) in [4.78, 5) is 32.6. The number of nitrogens with one attached hydrogen (secondary N) is 1. The standard InChI is InChI=1S/C30H29F3N6O2/c31-30(32,33)22-5-3-4-20(18-22)24-6-1-2-7-25(24)29(41)39-16-14-37(15-17-39)23-10-12-38(13-11-23)28(40)21-8-9-26-27(19-21)35-36-34-26/h1-9,18-19,23H,10-17H2,(H,34,35,36).